The lowest BCUT2D eigenvalue weighted by atomic mass is 10.1. The molecular weight excluding hydrogens is 173 g/mol. The van der Waals surface area contributed by atoms with Crippen molar-refractivity contribution in [3.05, 3.63) is 29.1 Å². The van der Waals surface area contributed by atoms with Crippen molar-refractivity contribution < 1.29 is 14.3 Å². The van der Waals surface area contributed by atoms with Crippen LogP contribution in [0.3, 0.4) is 0 Å². The van der Waals surface area contributed by atoms with Crippen LogP contribution in [0, 0.1) is 12.7 Å². The van der Waals surface area contributed by atoms with E-state index in [1.54, 1.807) is 6.92 Å². The number of carbonyl (C=O) groups is 1. The smallest absolute Gasteiger partial charge is 0.179 e. The van der Waals surface area contributed by atoms with Crippen LogP contribution in [0.1, 0.15) is 15.9 Å². The van der Waals surface area contributed by atoms with Gasteiger partial charge in [-0.2, -0.15) is 0 Å². The third kappa shape index (κ3) is 1.84. The number of hydrogen-bond donors (Lipinski definition) is 2. The summed E-state index contributed by atoms with van der Waals surface area (Å²) in [5.74, 6) is -1.37. The van der Waals surface area contributed by atoms with E-state index in [-0.39, 0.29) is 17.9 Å². The van der Waals surface area contributed by atoms with Crippen LogP contribution >= 0.6 is 0 Å². The van der Waals surface area contributed by atoms with Crippen LogP contribution in [0.5, 0.6) is 5.75 Å². The highest BCUT2D eigenvalue weighted by atomic mass is 19.1. The molecule has 0 aliphatic carbocycles. The molecule has 0 fully saturated rings. The topological polar surface area (TPSA) is 63.3 Å². The Labute approximate surface area is 75.0 Å². The Bertz CT molecular complexity index is 350. The second kappa shape index (κ2) is 3.53. The maximum absolute atomic E-state index is 13.0. The number of nitrogens with two attached hydrogens (primary N) is 1. The predicted octanol–water partition coefficient (Wildman–Crippen LogP) is 0.981. The van der Waals surface area contributed by atoms with E-state index in [2.05, 4.69) is 0 Å². The van der Waals surface area contributed by atoms with Gasteiger partial charge in [0.1, 0.15) is 11.6 Å². The monoisotopic (exact) mass is 183 g/mol. The first-order valence-corrected chi connectivity index (χ1v) is 3.78. The third-order valence-corrected chi connectivity index (χ3v) is 1.77. The molecule has 0 aromatic heterocycles. The summed E-state index contributed by atoms with van der Waals surface area (Å²) in [6.45, 7) is 1.35. The molecule has 0 amide bonds. The van der Waals surface area contributed by atoms with Crippen molar-refractivity contribution in [1.29, 1.82) is 0 Å². The molecule has 1 aromatic carbocycles. The molecule has 0 saturated carbocycles. The summed E-state index contributed by atoms with van der Waals surface area (Å²) in [6, 6.07) is 2.21. The standard InChI is InChI=1S/C9H10FNO2/c1-5-2-6(9(13)4-11)7(10)3-8(5)12/h2-3,12H,4,11H2,1H3. The zero-order valence-corrected chi connectivity index (χ0v) is 7.17. The van der Waals surface area contributed by atoms with E-state index in [4.69, 9.17) is 10.8 Å². The lowest BCUT2D eigenvalue weighted by Crippen LogP contribution is -2.15. The molecule has 70 valence electrons. The SMILES string of the molecule is Cc1cc(C(=O)CN)c(F)cc1O. The molecule has 13 heavy (non-hydrogen) atoms. The largest absolute Gasteiger partial charge is 0.508 e. The van der Waals surface area contributed by atoms with E-state index in [9.17, 15) is 9.18 Å². The lowest BCUT2D eigenvalue weighted by molar-refractivity contribution is 0.0997. The molecule has 4 heteroatoms. The van der Waals surface area contributed by atoms with Crippen LogP contribution in [0.2, 0.25) is 0 Å². The van der Waals surface area contributed by atoms with E-state index < -0.39 is 11.6 Å². The van der Waals surface area contributed by atoms with Gasteiger partial charge in [-0.15, -0.1) is 0 Å². The highest BCUT2D eigenvalue weighted by Crippen LogP contribution is 2.20. The molecule has 0 atom stereocenters. The van der Waals surface area contributed by atoms with Gasteiger partial charge < -0.3 is 10.8 Å². The molecule has 3 nitrogen and oxygen atoms in total. The van der Waals surface area contributed by atoms with Crippen LogP contribution < -0.4 is 5.73 Å². The summed E-state index contributed by atoms with van der Waals surface area (Å²) >= 11 is 0. The number of Topliss-reactive ketones (excluding diaryl/α,β-unsaturated/α-hetero) is 1. The quantitative estimate of drug-likeness (QED) is 0.672. The van der Waals surface area contributed by atoms with Gasteiger partial charge in [0.2, 0.25) is 0 Å². The van der Waals surface area contributed by atoms with E-state index >= 15 is 0 Å². The Hall–Kier alpha value is -1.42. The van der Waals surface area contributed by atoms with Gasteiger partial charge in [0.05, 0.1) is 12.1 Å². The fourth-order valence-electron chi connectivity index (χ4n) is 0.995. The fourth-order valence-corrected chi connectivity index (χ4v) is 0.995. The van der Waals surface area contributed by atoms with Crippen LogP contribution in [0.25, 0.3) is 0 Å². The van der Waals surface area contributed by atoms with Crippen molar-refractivity contribution in [2.24, 2.45) is 5.73 Å². The summed E-state index contributed by atoms with van der Waals surface area (Å²) in [7, 11) is 0. The number of aryl methyl sites for hydroxylation is 1. The Kier molecular flexibility index (Phi) is 2.63. The Morgan fingerprint density at radius 1 is 1.62 bits per heavy atom. The van der Waals surface area contributed by atoms with Crippen molar-refractivity contribution in [3.8, 4) is 5.75 Å². The van der Waals surface area contributed by atoms with Gasteiger partial charge >= 0.3 is 0 Å². The first-order valence-electron chi connectivity index (χ1n) is 3.78. The number of aromatic hydroxyl groups is 1. The zero-order chi connectivity index (χ0) is 10.0. The molecule has 0 spiro atoms. The number of halogens is 1. The molecule has 1 aromatic rings. The molecule has 3 N–H and O–H groups in total. The molecule has 0 bridgehead atoms. The highest BCUT2D eigenvalue weighted by molar-refractivity contribution is 5.98. The van der Waals surface area contributed by atoms with Crippen LogP contribution in [0.15, 0.2) is 12.1 Å². The maximum Gasteiger partial charge on any atom is 0.179 e. The van der Waals surface area contributed by atoms with Gasteiger partial charge in [-0.05, 0) is 18.6 Å². The van der Waals surface area contributed by atoms with Gasteiger partial charge in [0, 0.05) is 6.07 Å². The second-order valence-corrected chi connectivity index (χ2v) is 2.75. The molecule has 0 radical (unpaired) electrons. The van der Waals surface area contributed by atoms with Crippen molar-refractivity contribution in [3.63, 3.8) is 0 Å². The summed E-state index contributed by atoms with van der Waals surface area (Å²) in [6.07, 6.45) is 0. The van der Waals surface area contributed by atoms with E-state index in [1.807, 2.05) is 0 Å². The molecule has 0 saturated heterocycles. The molecular formula is C9H10FNO2. The summed E-state index contributed by atoms with van der Waals surface area (Å²) < 4.78 is 13.0. The molecule has 1 rings (SSSR count). The molecule has 0 aliphatic rings. The summed E-state index contributed by atoms with van der Waals surface area (Å²) in [4.78, 5) is 11.1. The van der Waals surface area contributed by atoms with Gasteiger partial charge in [0.25, 0.3) is 0 Å². The Morgan fingerprint density at radius 3 is 2.77 bits per heavy atom. The van der Waals surface area contributed by atoms with Crippen LogP contribution in [-0.4, -0.2) is 17.4 Å². The zero-order valence-electron chi connectivity index (χ0n) is 7.17. The lowest BCUT2D eigenvalue weighted by Gasteiger charge is -2.03. The van der Waals surface area contributed by atoms with Gasteiger partial charge in [-0.3, -0.25) is 4.79 Å². The average Bonchev–Trinajstić information content (AvgIpc) is 2.10. The first kappa shape index (κ1) is 9.67. The number of ketones is 1. The van der Waals surface area contributed by atoms with Gasteiger partial charge in [0.15, 0.2) is 5.78 Å². The molecule has 0 unspecified atom stereocenters. The minimum Gasteiger partial charge on any atom is -0.508 e. The van der Waals surface area contributed by atoms with E-state index in [0.29, 0.717) is 5.56 Å². The maximum atomic E-state index is 13.0. The summed E-state index contributed by atoms with van der Waals surface area (Å²) in [5.41, 5.74) is 5.47. The van der Waals surface area contributed by atoms with Crippen molar-refractivity contribution in [1.82, 2.24) is 0 Å². The van der Waals surface area contributed by atoms with E-state index in [0.717, 1.165) is 6.07 Å². The van der Waals surface area contributed by atoms with Gasteiger partial charge in [-0.1, -0.05) is 0 Å². The minimum atomic E-state index is -0.737. The Balaban J connectivity index is 3.23. The normalized spacial score (nSPS) is 10.1. The van der Waals surface area contributed by atoms with Crippen molar-refractivity contribution >= 4 is 5.78 Å². The number of benzene rings is 1. The van der Waals surface area contributed by atoms with E-state index in [1.165, 1.54) is 6.07 Å². The van der Waals surface area contributed by atoms with Gasteiger partial charge in [-0.25, -0.2) is 4.39 Å². The number of phenolic OH excluding ortho intramolecular Hbond substituents is 1. The number of hydrogen-bond acceptors (Lipinski definition) is 3. The second-order valence-electron chi connectivity index (χ2n) is 2.75. The van der Waals surface area contributed by atoms with Crippen LogP contribution in [0.4, 0.5) is 4.39 Å². The third-order valence-electron chi connectivity index (χ3n) is 1.77. The molecule has 0 aliphatic heterocycles. The number of phenols is 1. The highest BCUT2D eigenvalue weighted by Gasteiger charge is 2.12. The molecule has 0 heterocycles. The number of carbonyl (C=O) groups excluding carboxylic acids is 1. The average molecular weight is 183 g/mol. The van der Waals surface area contributed by atoms with Crippen molar-refractivity contribution in [2.75, 3.05) is 6.54 Å². The van der Waals surface area contributed by atoms with Crippen molar-refractivity contribution in [2.45, 2.75) is 6.92 Å². The number of rotatable bonds is 2. The Morgan fingerprint density at radius 2 is 2.23 bits per heavy atom. The van der Waals surface area contributed by atoms with Crippen LogP contribution in [-0.2, 0) is 0 Å². The minimum absolute atomic E-state index is 0.0715. The first-order chi connectivity index (χ1) is 6.06. The summed E-state index contributed by atoms with van der Waals surface area (Å²) in [5, 5.41) is 9.10. The predicted molar refractivity (Wildman–Crippen MR) is 46.2 cm³/mol. The fraction of sp³-hybridized carbons (Fsp3) is 0.222.